The van der Waals surface area contributed by atoms with Crippen molar-refractivity contribution in [1.82, 2.24) is 10.1 Å². The number of nitrogens with zero attached hydrogens (tertiary/aromatic N) is 3. The Morgan fingerprint density at radius 2 is 1.72 bits per heavy atom. The number of methoxy groups -OCH3 is 1. The highest BCUT2D eigenvalue weighted by Gasteiger charge is 2.15. The molecule has 7 nitrogen and oxygen atoms in total. The Hall–Kier alpha value is -4.13. The van der Waals surface area contributed by atoms with Gasteiger partial charge in [0.25, 0.3) is 11.8 Å². The highest BCUT2D eigenvalue weighted by Crippen LogP contribution is 2.26. The number of hydrogen-bond acceptors (Lipinski definition) is 6. The van der Waals surface area contributed by atoms with Gasteiger partial charge in [-0.25, -0.2) is 0 Å². The minimum atomic E-state index is -0.122. The number of aromatic nitrogens is 2. The Kier molecular flexibility index (Phi) is 6.46. The second-order valence-corrected chi connectivity index (χ2v) is 6.94. The van der Waals surface area contributed by atoms with E-state index in [0.717, 1.165) is 17.0 Å². The lowest BCUT2D eigenvalue weighted by Gasteiger charge is -2.21. The number of benzene rings is 3. The number of para-hydroxylation sites is 1. The molecular formula is C25H23N3O4. The summed E-state index contributed by atoms with van der Waals surface area (Å²) in [5, 5.41) is 4.06. The van der Waals surface area contributed by atoms with E-state index in [9.17, 15) is 4.79 Å². The standard InChI is InChI=1S/C25H23N3O4/c1-3-28(20-9-5-4-6-10-20)23(29)17-31-22-11-7-8-19(16-22)25-26-24(27-32-25)18-12-14-21(30-2)15-13-18/h4-16H,3,17H2,1-2H3. The van der Waals surface area contributed by atoms with Crippen molar-refractivity contribution in [2.45, 2.75) is 6.92 Å². The van der Waals surface area contributed by atoms with Crippen molar-refractivity contribution in [3.05, 3.63) is 78.9 Å². The van der Waals surface area contributed by atoms with Gasteiger partial charge in [0.15, 0.2) is 6.61 Å². The first-order chi connectivity index (χ1) is 15.7. The van der Waals surface area contributed by atoms with Crippen molar-refractivity contribution in [3.8, 4) is 34.3 Å². The molecule has 0 fully saturated rings. The molecule has 0 radical (unpaired) electrons. The first kappa shape index (κ1) is 21.1. The molecule has 0 saturated carbocycles. The molecule has 4 rings (SSSR count). The molecule has 0 atom stereocenters. The second-order valence-electron chi connectivity index (χ2n) is 6.94. The molecule has 3 aromatic carbocycles. The monoisotopic (exact) mass is 429 g/mol. The number of ether oxygens (including phenoxy) is 2. The lowest BCUT2D eigenvalue weighted by atomic mass is 10.2. The SMILES string of the molecule is CCN(C(=O)COc1cccc(-c2nc(-c3ccc(OC)cc3)no2)c1)c1ccccc1. The van der Waals surface area contributed by atoms with Crippen LogP contribution in [0.3, 0.4) is 0 Å². The quantitative estimate of drug-likeness (QED) is 0.399. The van der Waals surface area contributed by atoms with Crippen LogP contribution in [0, 0.1) is 0 Å². The molecule has 0 saturated heterocycles. The van der Waals surface area contributed by atoms with E-state index in [1.165, 1.54) is 0 Å². The van der Waals surface area contributed by atoms with Gasteiger partial charge in [0, 0.05) is 23.4 Å². The number of amides is 1. The van der Waals surface area contributed by atoms with Crippen LogP contribution in [0.2, 0.25) is 0 Å². The summed E-state index contributed by atoms with van der Waals surface area (Å²) in [6, 6.07) is 24.2. The third-order valence-electron chi connectivity index (χ3n) is 4.90. The maximum Gasteiger partial charge on any atom is 0.264 e. The Bertz CT molecular complexity index is 1170. The van der Waals surface area contributed by atoms with Gasteiger partial charge in [-0.1, -0.05) is 29.4 Å². The zero-order valence-electron chi connectivity index (χ0n) is 17.9. The number of anilines is 1. The molecule has 32 heavy (non-hydrogen) atoms. The van der Waals surface area contributed by atoms with Gasteiger partial charge in [-0.2, -0.15) is 4.98 Å². The van der Waals surface area contributed by atoms with Crippen molar-refractivity contribution in [2.75, 3.05) is 25.2 Å². The Morgan fingerprint density at radius 3 is 2.44 bits per heavy atom. The number of carbonyl (C=O) groups is 1. The minimum Gasteiger partial charge on any atom is -0.497 e. The number of rotatable bonds is 8. The van der Waals surface area contributed by atoms with Crippen LogP contribution in [0.4, 0.5) is 5.69 Å². The van der Waals surface area contributed by atoms with Crippen LogP contribution in [-0.2, 0) is 4.79 Å². The third kappa shape index (κ3) is 4.78. The minimum absolute atomic E-state index is 0.0763. The summed E-state index contributed by atoms with van der Waals surface area (Å²) in [4.78, 5) is 18.8. The van der Waals surface area contributed by atoms with E-state index in [4.69, 9.17) is 14.0 Å². The number of likely N-dealkylation sites (N-methyl/N-ethyl adjacent to an activating group) is 1. The van der Waals surface area contributed by atoms with Gasteiger partial charge in [-0.15, -0.1) is 0 Å². The first-order valence-corrected chi connectivity index (χ1v) is 10.2. The average Bonchev–Trinajstić information content (AvgIpc) is 3.35. The van der Waals surface area contributed by atoms with Gasteiger partial charge in [-0.3, -0.25) is 4.79 Å². The van der Waals surface area contributed by atoms with E-state index in [-0.39, 0.29) is 12.5 Å². The maximum atomic E-state index is 12.7. The highest BCUT2D eigenvalue weighted by atomic mass is 16.5. The topological polar surface area (TPSA) is 77.7 Å². The van der Waals surface area contributed by atoms with Gasteiger partial charge in [-0.05, 0) is 61.5 Å². The largest absolute Gasteiger partial charge is 0.497 e. The molecule has 162 valence electrons. The second kappa shape index (κ2) is 9.78. The Morgan fingerprint density at radius 1 is 0.938 bits per heavy atom. The summed E-state index contributed by atoms with van der Waals surface area (Å²) in [6.45, 7) is 2.41. The molecule has 0 spiro atoms. The van der Waals surface area contributed by atoms with E-state index >= 15 is 0 Å². The normalized spacial score (nSPS) is 10.6. The van der Waals surface area contributed by atoms with E-state index in [1.807, 2.05) is 73.7 Å². The predicted molar refractivity (Wildman–Crippen MR) is 122 cm³/mol. The zero-order chi connectivity index (χ0) is 22.3. The molecule has 0 N–H and O–H groups in total. The van der Waals surface area contributed by atoms with Crippen molar-refractivity contribution in [1.29, 1.82) is 0 Å². The summed E-state index contributed by atoms with van der Waals surface area (Å²) in [6.07, 6.45) is 0. The zero-order valence-corrected chi connectivity index (χ0v) is 17.9. The number of carbonyl (C=O) groups excluding carboxylic acids is 1. The summed E-state index contributed by atoms with van der Waals surface area (Å²) in [7, 11) is 1.62. The van der Waals surface area contributed by atoms with Crippen molar-refractivity contribution in [2.24, 2.45) is 0 Å². The fraction of sp³-hybridized carbons (Fsp3) is 0.160. The Labute approximate surface area is 186 Å². The summed E-state index contributed by atoms with van der Waals surface area (Å²) >= 11 is 0. The maximum absolute atomic E-state index is 12.7. The van der Waals surface area contributed by atoms with E-state index in [0.29, 0.717) is 29.6 Å². The average molecular weight is 429 g/mol. The van der Waals surface area contributed by atoms with E-state index < -0.39 is 0 Å². The summed E-state index contributed by atoms with van der Waals surface area (Å²) in [5.74, 6) is 2.02. The molecule has 0 bridgehead atoms. The lowest BCUT2D eigenvalue weighted by molar-refractivity contribution is -0.120. The highest BCUT2D eigenvalue weighted by molar-refractivity contribution is 5.94. The molecule has 0 aliphatic rings. The van der Waals surface area contributed by atoms with Gasteiger partial charge >= 0.3 is 0 Å². The van der Waals surface area contributed by atoms with Crippen LogP contribution >= 0.6 is 0 Å². The van der Waals surface area contributed by atoms with Gasteiger partial charge < -0.3 is 18.9 Å². The molecule has 1 aromatic heterocycles. The smallest absolute Gasteiger partial charge is 0.264 e. The fourth-order valence-corrected chi connectivity index (χ4v) is 3.25. The first-order valence-electron chi connectivity index (χ1n) is 10.2. The van der Waals surface area contributed by atoms with Crippen LogP contribution in [0.1, 0.15) is 6.92 Å². The molecule has 7 heteroatoms. The van der Waals surface area contributed by atoms with Crippen LogP contribution in [-0.4, -0.2) is 36.3 Å². The molecule has 0 unspecified atom stereocenters. The molecule has 1 amide bonds. The van der Waals surface area contributed by atoms with Gasteiger partial charge in [0.1, 0.15) is 11.5 Å². The van der Waals surface area contributed by atoms with Crippen molar-refractivity contribution >= 4 is 11.6 Å². The van der Waals surface area contributed by atoms with Crippen LogP contribution < -0.4 is 14.4 Å². The molecule has 4 aromatic rings. The predicted octanol–water partition coefficient (Wildman–Crippen LogP) is 4.84. The van der Waals surface area contributed by atoms with Crippen LogP contribution in [0.25, 0.3) is 22.8 Å². The van der Waals surface area contributed by atoms with Gasteiger partial charge in [0.05, 0.1) is 7.11 Å². The molecule has 1 heterocycles. The number of hydrogen-bond donors (Lipinski definition) is 0. The summed E-state index contributed by atoms with van der Waals surface area (Å²) < 4.78 is 16.4. The summed E-state index contributed by atoms with van der Waals surface area (Å²) in [5.41, 5.74) is 2.37. The van der Waals surface area contributed by atoms with E-state index in [1.54, 1.807) is 24.1 Å². The van der Waals surface area contributed by atoms with Crippen molar-refractivity contribution < 1.29 is 18.8 Å². The molecular weight excluding hydrogens is 406 g/mol. The third-order valence-corrected chi connectivity index (χ3v) is 4.90. The van der Waals surface area contributed by atoms with Gasteiger partial charge in [0.2, 0.25) is 5.82 Å². The van der Waals surface area contributed by atoms with E-state index in [2.05, 4.69) is 10.1 Å². The van der Waals surface area contributed by atoms with Crippen LogP contribution in [0.5, 0.6) is 11.5 Å². The lowest BCUT2D eigenvalue weighted by Crippen LogP contribution is -2.34. The van der Waals surface area contributed by atoms with Crippen LogP contribution in [0.15, 0.2) is 83.4 Å². The Balaban J connectivity index is 1.44. The fourth-order valence-electron chi connectivity index (χ4n) is 3.25. The molecule has 0 aliphatic heterocycles. The van der Waals surface area contributed by atoms with Crippen molar-refractivity contribution in [3.63, 3.8) is 0 Å². The molecule has 0 aliphatic carbocycles.